The Labute approximate surface area is 164 Å². The lowest BCUT2D eigenvalue weighted by atomic mass is 9.80. The zero-order valence-corrected chi connectivity index (χ0v) is 16.8. The van der Waals surface area contributed by atoms with Crippen molar-refractivity contribution in [3.63, 3.8) is 0 Å². The van der Waals surface area contributed by atoms with Gasteiger partial charge in [0, 0.05) is 6.42 Å². The number of hydrogen-bond acceptors (Lipinski definition) is 3. The van der Waals surface area contributed by atoms with Gasteiger partial charge in [-0.2, -0.15) is 0 Å². The maximum Gasteiger partial charge on any atom is 0.303 e. The molecule has 2 saturated carbocycles. The minimum atomic E-state index is -0.749. The molecule has 0 aromatic heterocycles. The molecule has 0 saturated heterocycles. The molecule has 0 radical (unpaired) electrons. The molecule has 1 unspecified atom stereocenters. The smallest absolute Gasteiger partial charge is 0.303 e. The van der Waals surface area contributed by atoms with Gasteiger partial charge in [-0.1, -0.05) is 56.9 Å². The minimum Gasteiger partial charge on any atom is -0.481 e. The third-order valence-electron chi connectivity index (χ3n) is 6.47. The summed E-state index contributed by atoms with van der Waals surface area (Å²) in [6, 6.07) is 0. The largest absolute Gasteiger partial charge is 0.481 e. The fourth-order valence-electron chi connectivity index (χ4n) is 4.65. The van der Waals surface area contributed by atoms with Gasteiger partial charge < -0.3 is 15.3 Å². The van der Waals surface area contributed by atoms with E-state index in [9.17, 15) is 15.0 Å². The van der Waals surface area contributed by atoms with Crippen LogP contribution in [0.4, 0.5) is 0 Å². The van der Waals surface area contributed by atoms with Crippen molar-refractivity contribution < 1.29 is 20.1 Å². The number of aliphatic hydroxyl groups excluding tert-OH is 2. The molecule has 27 heavy (non-hydrogen) atoms. The standard InChI is InChI=1S/C23H38O4/c1-17-8-10-18(11-9-17)16-20(24)14-12-19-13-15-22(25)21(19)6-4-2-3-5-7-23(26)27/h2,4,12,14,17-22,24-25H,3,5-11,13,15-16H2,1H3,(H,26,27)/b4-2-,14-12+/t17?,18?,19-,20?,21+,22-/m0/s1. The molecule has 4 nitrogen and oxygen atoms in total. The maximum atomic E-state index is 10.5. The Morgan fingerprint density at radius 2 is 1.85 bits per heavy atom. The van der Waals surface area contributed by atoms with Crippen LogP contribution in [-0.2, 0) is 4.79 Å². The van der Waals surface area contributed by atoms with E-state index in [1.54, 1.807) is 0 Å². The summed E-state index contributed by atoms with van der Waals surface area (Å²) in [4.78, 5) is 10.5. The summed E-state index contributed by atoms with van der Waals surface area (Å²) in [6.45, 7) is 2.32. The van der Waals surface area contributed by atoms with Gasteiger partial charge in [-0.05, 0) is 62.2 Å². The van der Waals surface area contributed by atoms with E-state index >= 15 is 0 Å². The molecule has 0 spiro atoms. The van der Waals surface area contributed by atoms with Gasteiger partial charge in [-0.15, -0.1) is 0 Å². The van der Waals surface area contributed by atoms with E-state index in [0.29, 0.717) is 18.3 Å². The van der Waals surface area contributed by atoms with Crippen LogP contribution in [0.25, 0.3) is 0 Å². The quantitative estimate of drug-likeness (QED) is 0.380. The summed E-state index contributed by atoms with van der Waals surface area (Å²) in [5.74, 6) is 1.27. The van der Waals surface area contributed by atoms with Crippen LogP contribution in [-0.4, -0.2) is 33.5 Å². The van der Waals surface area contributed by atoms with Crippen molar-refractivity contribution in [3.8, 4) is 0 Å². The van der Waals surface area contributed by atoms with Gasteiger partial charge >= 0.3 is 5.97 Å². The number of aliphatic hydroxyl groups is 2. The second kappa shape index (κ2) is 11.7. The molecular formula is C23H38O4. The maximum absolute atomic E-state index is 10.5. The molecule has 154 valence electrons. The van der Waals surface area contributed by atoms with E-state index < -0.39 is 5.97 Å². The van der Waals surface area contributed by atoms with Crippen molar-refractivity contribution in [3.05, 3.63) is 24.3 Å². The highest BCUT2D eigenvalue weighted by Gasteiger charge is 2.32. The van der Waals surface area contributed by atoms with Crippen LogP contribution >= 0.6 is 0 Å². The first-order chi connectivity index (χ1) is 13.0. The molecule has 2 aliphatic rings. The molecule has 0 heterocycles. The number of aliphatic carboxylic acids is 1. The normalized spacial score (nSPS) is 33.1. The monoisotopic (exact) mass is 378 g/mol. The number of carboxylic acids is 1. The second-order valence-electron chi connectivity index (χ2n) is 8.78. The first kappa shape index (κ1) is 22.2. The van der Waals surface area contributed by atoms with Crippen LogP contribution in [0.3, 0.4) is 0 Å². The van der Waals surface area contributed by atoms with Crippen LogP contribution in [0.15, 0.2) is 24.3 Å². The van der Waals surface area contributed by atoms with E-state index in [2.05, 4.69) is 19.1 Å². The second-order valence-corrected chi connectivity index (χ2v) is 8.78. The van der Waals surface area contributed by atoms with Gasteiger partial charge in [0.1, 0.15) is 0 Å². The third-order valence-corrected chi connectivity index (χ3v) is 6.47. The molecule has 4 heteroatoms. The molecule has 0 aromatic rings. The topological polar surface area (TPSA) is 77.8 Å². The zero-order chi connectivity index (χ0) is 19.6. The molecule has 0 amide bonds. The summed E-state index contributed by atoms with van der Waals surface area (Å²) in [6.07, 6.45) is 17.8. The highest BCUT2D eigenvalue weighted by molar-refractivity contribution is 5.66. The van der Waals surface area contributed by atoms with Crippen LogP contribution in [0.5, 0.6) is 0 Å². The number of hydrogen-bond donors (Lipinski definition) is 3. The van der Waals surface area contributed by atoms with Crippen LogP contribution in [0, 0.1) is 23.7 Å². The first-order valence-corrected chi connectivity index (χ1v) is 10.9. The Kier molecular flexibility index (Phi) is 9.57. The molecular weight excluding hydrogens is 340 g/mol. The summed E-state index contributed by atoms with van der Waals surface area (Å²) in [5.41, 5.74) is 0. The van der Waals surface area contributed by atoms with E-state index in [-0.39, 0.29) is 24.5 Å². The predicted molar refractivity (Wildman–Crippen MR) is 108 cm³/mol. The van der Waals surface area contributed by atoms with E-state index in [1.165, 1.54) is 25.7 Å². The fraction of sp³-hybridized carbons (Fsp3) is 0.783. The van der Waals surface area contributed by atoms with Gasteiger partial charge in [-0.25, -0.2) is 0 Å². The molecule has 0 bridgehead atoms. The molecule has 2 rings (SSSR count). The van der Waals surface area contributed by atoms with Crippen molar-refractivity contribution in [2.75, 3.05) is 0 Å². The zero-order valence-electron chi connectivity index (χ0n) is 16.8. The van der Waals surface area contributed by atoms with E-state index in [0.717, 1.165) is 38.0 Å². The summed E-state index contributed by atoms with van der Waals surface area (Å²) < 4.78 is 0. The predicted octanol–water partition coefficient (Wildman–Crippen LogP) is 4.71. The number of rotatable bonds is 10. The highest BCUT2D eigenvalue weighted by Crippen LogP contribution is 2.36. The van der Waals surface area contributed by atoms with Gasteiger partial charge in [0.2, 0.25) is 0 Å². The lowest BCUT2D eigenvalue weighted by Crippen LogP contribution is -2.19. The lowest BCUT2D eigenvalue weighted by Gasteiger charge is -2.27. The SMILES string of the molecule is CC1CCC(CC(O)/C=C/[C@H]2CC[C@H](O)[C@@H]2C/C=C\CCCC(=O)O)CC1. The Morgan fingerprint density at radius 1 is 1.11 bits per heavy atom. The molecule has 2 fully saturated rings. The molecule has 0 aromatic carbocycles. The average molecular weight is 379 g/mol. The molecule has 2 aliphatic carbocycles. The third kappa shape index (κ3) is 8.18. The Bertz CT molecular complexity index is 491. The minimum absolute atomic E-state index is 0.208. The Hall–Kier alpha value is -1.13. The van der Waals surface area contributed by atoms with Gasteiger partial charge in [-0.3, -0.25) is 4.79 Å². The van der Waals surface area contributed by atoms with Crippen LogP contribution in [0.1, 0.15) is 77.6 Å². The first-order valence-electron chi connectivity index (χ1n) is 10.9. The summed E-state index contributed by atoms with van der Waals surface area (Å²) >= 11 is 0. The van der Waals surface area contributed by atoms with Gasteiger partial charge in [0.25, 0.3) is 0 Å². The molecule has 0 aliphatic heterocycles. The van der Waals surface area contributed by atoms with Gasteiger partial charge in [0.15, 0.2) is 0 Å². The van der Waals surface area contributed by atoms with Gasteiger partial charge in [0.05, 0.1) is 12.2 Å². The van der Waals surface area contributed by atoms with E-state index in [4.69, 9.17) is 5.11 Å². The Morgan fingerprint density at radius 3 is 2.56 bits per heavy atom. The molecule has 4 atom stereocenters. The number of carbonyl (C=O) groups is 1. The number of carboxylic acid groups (broad SMARTS) is 1. The summed E-state index contributed by atoms with van der Waals surface area (Å²) in [5, 5.41) is 29.3. The van der Waals surface area contributed by atoms with Crippen LogP contribution in [0.2, 0.25) is 0 Å². The molecule has 3 N–H and O–H groups in total. The van der Waals surface area contributed by atoms with Crippen LogP contribution < -0.4 is 0 Å². The summed E-state index contributed by atoms with van der Waals surface area (Å²) in [7, 11) is 0. The highest BCUT2D eigenvalue weighted by atomic mass is 16.4. The van der Waals surface area contributed by atoms with Crippen molar-refractivity contribution in [2.24, 2.45) is 23.7 Å². The van der Waals surface area contributed by atoms with Crippen molar-refractivity contribution in [1.82, 2.24) is 0 Å². The van der Waals surface area contributed by atoms with E-state index in [1.807, 2.05) is 12.2 Å². The van der Waals surface area contributed by atoms with Crippen molar-refractivity contribution in [1.29, 1.82) is 0 Å². The van der Waals surface area contributed by atoms with Crippen molar-refractivity contribution >= 4 is 5.97 Å². The Balaban J connectivity index is 1.73. The number of allylic oxidation sites excluding steroid dienone is 3. The lowest BCUT2D eigenvalue weighted by molar-refractivity contribution is -0.137. The fourth-order valence-corrected chi connectivity index (χ4v) is 4.65. The average Bonchev–Trinajstić information content (AvgIpc) is 2.98. The number of unbranched alkanes of at least 4 members (excludes halogenated alkanes) is 1. The van der Waals surface area contributed by atoms with Crippen molar-refractivity contribution in [2.45, 2.75) is 89.8 Å².